The minimum Gasteiger partial charge on any atom is -0.385 e. The van der Waals surface area contributed by atoms with Crippen LogP contribution >= 0.6 is 0 Å². The molecule has 340 valence electrons. The van der Waals surface area contributed by atoms with Crippen molar-refractivity contribution in [2.45, 2.75) is 76.3 Å². The van der Waals surface area contributed by atoms with Crippen LogP contribution in [0.25, 0.3) is 5.57 Å². The Morgan fingerprint density at radius 3 is 2.53 bits per heavy atom. The summed E-state index contributed by atoms with van der Waals surface area (Å²) in [4.78, 5) is 80.7. The lowest BCUT2D eigenvalue weighted by atomic mass is 9.95. The number of hydrogen-bond acceptors (Lipinski definition) is 10. The van der Waals surface area contributed by atoms with Gasteiger partial charge in [-0.2, -0.15) is 0 Å². The van der Waals surface area contributed by atoms with E-state index in [0.717, 1.165) is 40.1 Å². The van der Waals surface area contributed by atoms with Crippen LogP contribution in [0.1, 0.15) is 95.2 Å². The van der Waals surface area contributed by atoms with Crippen LogP contribution in [0, 0.1) is 0 Å². The fourth-order valence-corrected chi connectivity index (χ4v) is 9.45. The fourth-order valence-electron chi connectivity index (χ4n) is 9.45. The Bertz CT molecular complexity index is 2340. The number of rotatable bonds is 14. The summed E-state index contributed by atoms with van der Waals surface area (Å²) in [5.74, 6) is -2.03. The first-order valence-electron chi connectivity index (χ1n) is 22.1. The van der Waals surface area contributed by atoms with E-state index in [1.807, 2.05) is 15.5 Å². The Morgan fingerprint density at radius 2 is 1.77 bits per heavy atom. The number of halogens is 2. The average Bonchev–Trinajstić information content (AvgIpc) is 4.00. The molecule has 2 saturated heterocycles. The van der Waals surface area contributed by atoms with Gasteiger partial charge in [0.2, 0.25) is 17.7 Å². The molecule has 19 heteroatoms. The molecule has 17 nitrogen and oxygen atoms in total. The zero-order valence-corrected chi connectivity index (χ0v) is 35.9. The highest BCUT2D eigenvalue weighted by Gasteiger charge is 2.45. The summed E-state index contributed by atoms with van der Waals surface area (Å²) in [5.41, 5.74) is 12.2. The van der Waals surface area contributed by atoms with E-state index >= 15 is 0 Å². The number of unbranched alkanes of at least 4 members (excludes halogenated alkanes) is 1. The third kappa shape index (κ3) is 9.16. The highest BCUT2D eigenvalue weighted by Crippen LogP contribution is 2.40. The van der Waals surface area contributed by atoms with Crippen LogP contribution < -0.4 is 32.3 Å². The number of benzene rings is 2. The lowest BCUT2D eigenvalue weighted by Crippen LogP contribution is -2.54. The summed E-state index contributed by atoms with van der Waals surface area (Å²) in [5, 5.41) is 14.7. The van der Waals surface area contributed by atoms with Crippen molar-refractivity contribution >= 4 is 58.4 Å². The second-order valence-electron chi connectivity index (χ2n) is 16.9. The molecule has 6 aliphatic heterocycles. The number of imide groups is 2. The first-order chi connectivity index (χ1) is 30.9. The number of carbonyl (C=O) groups is 6. The molecule has 8 rings (SSSR count). The number of hydrogen-bond donors (Lipinski definition) is 6. The number of anilines is 1. The minimum absolute atomic E-state index is 0.0359. The Labute approximate surface area is 369 Å². The zero-order valence-electron chi connectivity index (χ0n) is 35.9. The number of carbonyl (C=O) groups excluding carboxylic acids is 6. The Morgan fingerprint density at radius 1 is 0.969 bits per heavy atom. The molecule has 6 heterocycles. The van der Waals surface area contributed by atoms with Crippen LogP contribution in [0.2, 0.25) is 0 Å². The first-order valence-corrected chi connectivity index (χ1v) is 22.1. The van der Waals surface area contributed by atoms with Gasteiger partial charge in [0.15, 0.2) is 0 Å². The highest BCUT2D eigenvalue weighted by molar-refractivity contribution is 6.25. The van der Waals surface area contributed by atoms with Crippen LogP contribution in [-0.2, 0) is 25.5 Å². The number of nitrogens with two attached hydrogens (primary N) is 1. The quantitative estimate of drug-likeness (QED) is 0.0704. The normalized spacial score (nSPS) is 21.0. The van der Waals surface area contributed by atoms with Gasteiger partial charge in [0.1, 0.15) is 11.7 Å². The SMILES string of the molecule is CNC(=O)N1CCC(NC2CCOCC2)=C(C(N)=[N+]2CCc3cc(C4=CN(CC(=O)NCCCCNc5cccc6c5C(=O)N(C5CCC(=O)NC5=O)C6=O)CC4)c(C(F)F)cc32)C1. The van der Waals surface area contributed by atoms with Crippen molar-refractivity contribution in [3.8, 4) is 0 Å². The maximum atomic E-state index is 14.9. The summed E-state index contributed by atoms with van der Waals surface area (Å²) in [7, 11) is 1.59. The summed E-state index contributed by atoms with van der Waals surface area (Å²) in [6.07, 6.45) is 3.80. The average molecular weight is 886 g/mol. The third-order valence-electron chi connectivity index (χ3n) is 12.8. The molecule has 1 unspecified atom stereocenters. The predicted molar refractivity (Wildman–Crippen MR) is 232 cm³/mol. The predicted octanol–water partition coefficient (Wildman–Crippen LogP) is 2.71. The summed E-state index contributed by atoms with van der Waals surface area (Å²) in [6, 6.07) is 7.23. The van der Waals surface area contributed by atoms with Gasteiger partial charge in [-0.15, -0.1) is 0 Å². The topological polar surface area (TPSA) is 211 Å². The van der Waals surface area contributed by atoms with Gasteiger partial charge in [-0.1, -0.05) is 6.07 Å². The monoisotopic (exact) mass is 885 g/mol. The van der Waals surface area contributed by atoms with Gasteiger partial charge in [-0.05, 0) is 73.9 Å². The van der Waals surface area contributed by atoms with Gasteiger partial charge < -0.3 is 35.8 Å². The summed E-state index contributed by atoms with van der Waals surface area (Å²) >= 11 is 0. The molecule has 0 radical (unpaired) electrons. The third-order valence-corrected chi connectivity index (χ3v) is 12.8. The molecule has 0 spiro atoms. The maximum Gasteiger partial charge on any atom is 0.317 e. The lowest BCUT2D eigenvalue weighted by molar-refractivity contribution is -0.429. The van der Waals surface area contributed by atoms with Crippen molar-refractivity contribution in [1.29, 1.82) is 0 Å². The van der Waals surface area contributed by atoms with Gasteiger partial charge in [-0.3, -0.25) is 39.9 Å². The largest absolute Gasteiger partial charge is 0.385 e. The van der Waals surface area contributed by atoms with Crippen molar-refractivity contribution in [3.63, 3.8) is 0 Å². The number of amides is 7. The van der Waals surface area contributed by atoms with E-state index in [2.05, 4.69) is 26.6 Å². The second kappa shape index (κ2) is 19.2. The maximum absolute atomic E-state index is 14.9. The van der Waals surface area contributed by atoms with E-state index in [-0.39, 0.29) is 60.6 Å². The van der Waals surface area contributed by atoms with Gasteiger partial charge >= 0.3 is 6.03 Å². The lowest BCUT2D eigenvalue weighted by Gasteiger charge is -2.33. The molecular weight excluding hydrogens is 831 g/mol. The molecule has 0 bridgehead atoms. The van der Waals surface area contributed by atoms with Gasteiger partial charge in [-0.25, -0.2) is 18.2 Å². The highest BCUT2D eigenvalue weighted by atomic mass is 19.3. The fraction of sp³-hybridized carbons (Fsp3) is 0.489. The Kier molecular flexibility index (Phi) is 13.2. The molecule has 0 aromatic heterocycles. The van der Waals surface area contributed by atoms with E-state index in [9.17, 15) is 37.5 Å². The van der Waals surface area contributed by atoms with Gasteiger partial charge in [0, 0.05) is 100 Å². The van der Waals surface area contributed by atoms with E-state index < -0.39 is 36.1 Å². The molecule has 7 N–H and O–H groups in total. The van der Waals surface area contributed by atoms with E-state index in [4.69, 9.17) is 10.5 Å². The molecule has 6 aliphatic rings. The van der Waals surface area contributed by atoms with Crippen LogP contribution in [0.4, 0.5) is 25.0 Å². The van der Waals surface area contributed by atoms with E-state index in [0.29, 0.717) is 101 Å². The number of urea groups is 1. The number of piperidine rings is 1. The first kappa shape index (κ1) is 44.2. The van der Waals surface area contributed by atoms with Crippen molar-refractivity contribution in [1.82, 2.24) is 36.0 Å². The van der Waals surface area contributed by atoms with E-state index in [1.165, 1.54) is 6.07 Å². The summed E-state index contributed by atoms with van der Waals surface area (Å²) < 4.78 is 37.2. The number of nitrogens with zero attached hydrogens (tertiary/aromatic N) is 4. The minimum atomic E-state index is -2.75. The van der Waals surface area contributed by atoms with Crippen molar-refractivity contribution in [3.05, 3.63) is 75.6 Å². The molecule has 64 heavy (non-hydrogen) atoms. The van der Waals surface area contributed by atoms with Crippen LogP contribution in [0.5, 0.6) is 0 Å². The van der Waals surface area contributed by atoms with Crippen LogP contribution in [0.3, 0.4) is 0 Å². The number of alkyl halides is 2. The smallest absolute Gasteiger partial charge is 0.317 e. The van der Waals surface area contributed by atoms with Crippen LogP contribution in [-0.4, -0.2) is 139 Å². The summed E-state index contributed by atoms with van der Waals surface area (Å²) in [6.45, 7) is 4.05. The molecule has 1 atom stereocenters. The molecule has 2 aromatic rings. The number of ether oxygens (including phenoxy) is 1. The molecular formula is C45H55F2N10O7+. The van der Waals surface area contributed by atoms with E-state index in [1.54, 1.807) is 36.3 Å². The van der Waals surface area contributed by atoms with Gasteiger partial charge in [0.05, 0.1) is 36.3 Å². The van der Waals surface area contributed by atoms with Crippen LogP contribution in [0.15, 0.2) is 47.8 Å². The van der Waals surface area contributed by atoms with Crippen molar-refractivity contribution in [2.75, 3.05) is 71.4 Å². The van der Waals surface area contributed by atoms with Crippen molar-refractivity contribution in [2.24, 2.45) is 5.73 Å². The Balaban J connectivity index is 0.865. The molecule has 2 aromatic carbocycles. The van der Waals surface area contributed by atoms with Crippen molar-refractivity contribution < 1.29 is 46.9 Å². The molecule has 0 saturated carbocycles. The zero-order chi connectivity index (χ0) is 45.1. The number of nitrogens with one attached hydrogen (secondary N) is 5. The Hall–Kier alpha value is -6.37. The second-order valence-corrected chi connectivity index (χ2v) is 16.9. The number of amidine groups is 1. The standard InChI is InChI=1S/C45H54F2N10O7/c1-49-45(63)55-17-11-33(52-28-12-19-64-20-13-28)32(24-55)41(48)56-18-10-26-21-30(31(40(46)47)22-36(26)56)27-9-16-54(23-27)25-38(59)51-15-3-2-14-50-34-6-4-5-29-39(34)44(62)57(43(29)61)35-7-8-37(58)53-42(35)60/h4-6,21-23,28,35,40H,2-3,7-20,24-25H2,1H3,(H6,48,49,50,51,52,53,58,59,60,62,63)/p+1. The molecule has 0 aliphatic carbocycles. The molecule has 7 amide bonds. The van der Waals surface area contributed by atoms with Gasteiger partial charge in [0.25, 0.3) is 24.1 Å². The number of fused-ring (bicyclic) bond motifs is 2. The molecule has 2 fully saturated rings.